The summed E-state index contributed by atoms with van der Waals surface area (Å²) in [6.45, 7) is 0.519. The van der Waals surface area contributed by atoms with Crippen molar-refractivity contribution in [1.82, 2.24) is 0 Å². The molecule has 2 N–H and O–H groups in total. The number of likely N-dealkylation sites (N-methyl/N-ethyl adjacent to an activating group) is 1. The highest BCUT2D eigenvalue weighted by Crippen LogP contribution is 2.35. The molecule has 1 heterocycles. The van der Waals surface area contributed by atoms with E-state index in [0.29, 0.717) is 6.54 Å². The van der Waals surface area contributed by atoms with Crippen molar-refractivity contribution in [3.8, 4) is 5.75 Å². The van der Waals surface area contributed by atoms with Crippen LogP contribution in [0.1, 0.15) is 10.9 Å². The highest BCUT2D eigenvalue weighted by Gasteiger charge is 2.20. The van der Waals surface area contributed by atoms with Gasteiger partial charge in [0.2, 0.25) is 0 Å². The molecule has 5 heteroatoms. The molecule has 19 heavy (non-hydrogen) atoms. The van der Waals surface area contributed by atoms with Gasteiger partial charge in [-0.1, -0.05) is 23.7 Å². The molecule has 0 fully saturated rings. The minimum Gasteiger partial charge on any atom is -0.495 e. The van der Waals surface area contributed by atoms with Gasteiger partial charge in [-0.05, 0) is 18.2 Å². The number of nitrogens with two attached hydrogens (primary N) is 1. The summed E-state index contributed by atoms with van der Waals surface area (Å²) in [5.74, 6) is 0.839. The van der Waals surface area contributed by atoms with Crippen LogP contribution in [0.25, 0.3) is 0 Å². The van der Waals surface area contributed by atoms with Crippen LogP contribution in [0.3, 0.4) is 0 Å². The van der Waals surface area contributed by atoms with Gasteiger partial charge in [-0.3, -0.25) is 0 Å². The van der Waals surface area contributed by atoms with Crippen molar-refractivity contribution < 1.29 is 4.74 Å². The van der Waals surface area contributed by atoms with Crippen molar-refractivity contribution in [1.29, 1.82) is 0 Å². The van der Waals surface area contributed by atoms with Crippen molar-refractivity contribution in [2.75, 3.05) is 25.6 Å². The molecule has 0 spiro atoms. The van der Waals surface area contributed by atoms with Crippen molar-refractivity contribution in [2.24, 2.45) is 5.73 Å². The number of anilines is 1. The van der Waals surface area contributed by atoms with Gasteiger partial charge in [-0.15, -0.1) is 11.3 Å². The summed E-state index contributed by atoms with van der Waals surface area (Å²) in [5.41, 5.74) is 6.94. The first-order valence-electron chi connectivity index (χ1n) is 5.97. The molecule has 2 aromatic rings. The maximum Gasteiger partial charge on any atom is 0.142 e. The first-order chi connectivity index (χ1) is 9.17. The molecule has 1 aromatic carbocycles. The van der Waals surface area contributed by atoms with Gasteiger partial charge in [0.25, 0.3) is 0 Å². The lowest BCUT2D eigenvalue weighted by molar-refractivity contribution is 0.413. The fourth-order valence-electron chi connectivity index (χ4n) is 2.06. The molecule has 0 aliphatic carbocycles. The molecule has 0 saturated heterocycles. The summed E-state index contributed by atoms with van der Waals surface area (Å²) in [6.07, 6.45) is 0. The second kappa shape index (κ2) is 6.28. The van der Waals surface area contributed by atoms with Crippen LogP contribution in [0.2, 0.25) is 5.02 Å². The summed E-state index contributed by atoms with van der Waals surface area (Å²) in [6, 6.07) is 9.97. The largest absolute Gasteiger partial charge is 0.495 e. The van der Waals surface area contributed by atoms with Gasteiger partial charge in [0.15, 0.2) is 0 Å². The number of hydrogen-bond acceptors (Lipinski definition) is 4. The number of halogens is 1. The lowest BCUT2D eigenvalue weighted by atomic mass is 10.1. The SMILES string of the molecule is COc1ccccc1N(C)C(CN)c1cc(Cl)cs1. The van der Waals surface area contributed by atoms with Crippen LogP contribution in [0, 0.1) is 0 Å². The van der Waals surface area contributed by atoms with Crippen molar-refractivity contribution >= 4 is 28.6 Å². The van der Waals surface area contributed by atoms with E-state index in [1.807, 2.05) is 42.8 Å². The molecule has 102 valence electrons. The molecule has 1 aromatic heterocycles. The Hall–Kier alpha value is -1.23. The highest BCUT2D eigenvalue weighted by atomic mass is 35.5. The zero-order valence-electron chi connectivity index (χ0n) is 11.0. The molecule has 0 saturated carbocycles. The molecular weight excluding hydrogens is 280 g/mol. The number of benzene rings is 1. The Bertz CT molecular complexity index is 544. The third kappa shape index (κ3) is 3.03. The summed E-state index contributed by atoms with van der Waals surface area (Å²) >= 11 is 7.62. The average Bonchev–Trinajstić information content (AvgIpc) is 2.86. The second-order valence-corrected chi connectivity index (χ2v) is 5.58. The van der Waals surface area contributed by atoms with Crippen LogP contribution in [0.15, 0.2) is 35.7 Å². The van der Waals surface area contributed by atoms with E-state index >= 15 is 0 Å². The number of ether oxygens (including phenoxy) is 1. The Balaban J connectivity index is 2.33. The molecule has 0 bridgehead atoms. The fraction of sp³-hybridized carbons (Fsp3) is 0.286. The summed E-state index contributed by atoms with van der Waals surface area (Å²) in [5, 5.41) is 2.68. The monoisotopic (exact) mass is 296 g/mol. The van der Waals surface area contributed by atoms with Gasteiger partial charge in [0, 0.05) is 23.8 Å². The molecule has 0 amide bonds. The minimum atomic E-state index is 0.0915. The van der Waals surface area contributed by atoms with E-state index in [1.54, 1.807) is 18.4 Å². The molecule has 1 atom stereocenters. The zero-order valence-corrected chi connectivity index (χ0v) is 12.5. The summed E-state index contributed by atoms with van der Waals surface area (Å²) in [7, 11) is 3.69. The van der Waals surface area contributed by atoms with Crippen molar-refractivity contribution in [3.05, 3.63) is 45.6 Å². The topological polar surface area (TPSA) is 38.5 Å². The normalized spacial score (nSPS) is 12.2. The molecule has 0 aliphatic heterocycles. The minimum absolute atomic E-state index is 0.0915. The van der Waals surface area contributed by atoms with E-state index in [0.717, 1.165) is 21.3 Å². The number of methoxy groups -OCH3 is 1. The molecule has 3 nitrogen and oxygen atoms in total. The number of nitrogens with zero attached hydrogens (tertiary/aromatic N) is 1. The second-order valence-electron chi connectivity index (χ2n) is 4.20. The Kier molecular flexibility index (Phi) is 4.69. The van der Waals surface area contributed by atoms with Crippen molar-refractivity contribution in [3.63, 3.8) is 0 Å². The Morgan fingerprint density at radius 3 is 2.74 bits per heavy atom. The maximum absolute atomic E-state index is 6.00. The molecule has 0 aliphatic rings. The molecular formula is C14H17ClN2OS. The Morgan fingerprint density at radius 2 is 2.16 bits per heavy atom. The number of para-hydroxylation sites is 2. The van der Waals surface area contributed by atoms with Crippen LogP contribution in [0.4, 0.5) is 5.69 Å². The predicted octanol–water partition coefficient (Wildman–Crippen LogP) is 3.55. The number of hydrogen-bond donors (Lipinski definition) is 1. The van der Waals surface area contributed by atoms with Crippen molar-refractivity contribution in [2.45, 2.75) is 6.04 Å². The number of thiophene rings is 1. The average molecular weight is 297 g/mol. The van der Waals surface area contributed by atoms with Gasteiger partial charge < -0.3 is 15.4 Å². The third-order valence-corrected chi connectivity index (χ3v) is 4.45. The van der Waals surface area contributed by atoms with E-state index in [-0.39, 0.29) is 6.04 Å². The zero-order chi connectivity index (χ0) is 13.8. The van der Waals surface area contributed by atoms with E-state index in [9.17, 15) is 0 Å². The lowest BCUT2D eigenvalue weighted by Gasteiger charge is -2.29. The van der Waals surface area contributed by atoms with E-state index in [4.69, 9.17) is 22.1 Å². The van der Waals surface area contributed by atoms with E-state index in [2.05, 4.69) is 4.90 Å². The standard InChI is InChI=1S/C14H17ClN2OS/c1-17(11-5-3-4-6-13(11)18-2)12(8-16)14-7-10(15)9-19-14/h3-7,9,12H,8,16H2,1-2H3. The fourth-order valence-corrected chi connectivity index (χ4v) is 3.30. The molecule has 2 rings (SSSR count). The van der Waals surface area contributed by atoms with Gasteiger partial charge >= 0.3 is 0 Å². The third-order valence-electron chi connectivity index (χ3n) is 3.07. The quantitative estimate of drug-likeness (QED) is 0.917. The van der Waals surface area contributed by atoms with Crippen LogP contribution in [-0.4, -0.2) is 20.7 Å². The Labute approximate surface area is 122 Å². The lowest BCUT2D eigenvalue weighted by Crippen LogP contribution is -2.30. The van der Waals surface area contributed by atoms with Crippen LogP contribution in [-0.2, 0) is 0 Å². The van der Waals surface area contributed by atoms with Gasteiger partial charge in [0.05, 0.1) is 23.9 Å². The van der Waals surface area contributed by atoms with Crippen LogP contribution in [0.5, 0.6) is 5.75 Å². The summed E-state index contributed by atoms with van der Waals surface area (Å²) in [4.78, 5) is 3.28. The van der Waals surface area contributed by atoms with Gasteiger partial charge in [-0.25, -0.2) is 0 Å². The first-order valence-corrected chi connectivity index (χ1v) is 7.23. The first kappa shape index (κ1) is 14.2. The van der Waals surface area contributed by atoms with E-state index < -0.39 is 0 Å². The maximum atomic E-state index is 6.00. The molecule has 0 radical (unpaired) electrons. The summed E-state index contributed by atoms with van der Waals surface area (Å²) < 4.78 is 5.40. The van der Waals surface area contributed by atoms with Crippen LogP contribution >= 0.6 is 22.9 Å². The van der Waals surface area contributed by atoms with Gasteiger partial charge in [-0.2, -0.15) is 0 Å². The number of rotatable bonds is 5. The predicted molar refractivity (Wildman–Crippen MR) is 82.5 cm³/mol. The molecule has 1 unspecified atom stereocenters. The smallest absolute Gasteiger partial charge is 0.142 e. The highest BCUT2D eigenvalue weighted by molar-refractivity contribution is 7.10. The Morgan fingerprint density at radius 1 is 1.42 bits per heavy atom. The van der Waals surface area contributed by atoms with Gasteiger partial charge in [0.1, 0.15) is 5.75 Å². The van der Waals surface area contributed by atoms with Crippen LogP contribution < -0.4 is 15.4 Å². The van der Waals surface area contributed by atoms with E-state index in [1.165, 1.54) is 0 Å².